The highest BCUT2D eigenvalue weighted by Gasteiger charge is 1.96. The van der Waals surface area contributed by atoms with Crippen LogP contribution in [0.1, 0.15) is 18.4 Å². The van der Waals surface area contributed by atoms with E-state index < -0.39 is 0 Å². The molecule has 0 saturated carbocycles. The molecule has 13 heavy (non-hydrogen) atoms. The van der Waals surface area contributed by atoms with Gasteiger partial charge in [0.05, 0.1) is 0 Å². The van der Waals surface area contributed by atoms with Crippen molar-refractivity contribution in [2.45, 2.75) is 19.3 Å². The van der Waals surface area contributed by atoms with E-state index >= 15 is 0 Å². The van der Waals surface area contributed by atoms with Gasteiger partial charge in [0.25, 0.3) is 0 Å². The van der Waals surface area contributed by atoms with Crippen LogP contribution in [-0.4, -0.2) is 5.12 Å². The Morgan fingerprint density at radius 1 is 1.31 bits per heavy atom. The van der Waals surface area contributed by atoms with E-state index in [9.17, 15) is 9.18 Å². The van der Waals surface area contributed by atoms with Gasteiger partial charge in [0.2, 0.25) is 0 Å². The first kappa shape index (κ1) is 10.3. The predicted octanol–water partition coefficient (Wildman–Crippen LogP) is 2.60. The highest BCUT2D eigenvalue weighted by atomic mass is 32.1. The van der Waals surface area contributed by atoms with E-state index in [2.05, 4.69) is 12.6 Å². The molecule has 1 aromatic carbocycles. The van der Waals surface area contributed by atoms with Gasteiger partial charge in [0.15, 0.2) is 5.12 Å². The number of carbonyl (C=O) groups excluding carboxylic acids is 1. The molecule has 3 heteroatoms. The lowest BCUT2D eigenvalue weighted by Crippen LogP contribution is -1.90. The number of benzene rings is 1. The average molecular weight is 198 g/mol. The molecule has 0 amide bonds. The molecule has 0 atom stereocenters. The second-order valence-electron chi connectivity index (χ2n) is 2.87. The van der Waals surface area contributed by atoms with Gasteiger partial charge in [-0.05, 0) is 30.5 Å². The molecular formula is C10H11FOS. The minimum Gasteiger partial charge on any atom is -0.288 e. The molecule has 0 spiro atoms. The summed E-state index contributed by atoms with van der Waals surface area (Å²) in [6, 6.07) is 6.33. The molecule has 1 aromatic rings. The minimum absolute atomic E-state index is 0.0953. The molecular weight excluding hydrogens is 187 g/mol. The standard InChI is InChI=1S/C10H11FOS/c11-9-6-4-8(5-7-9)2-1-3-10(12)13/h4-7H,1-3H2,(H,12,13). The Morgan fingerprint density at radius 2 is 1.92 bits per heavy atom. The molecule has 0 saturated heterocycles. The average Bonchev–Trinajstić information content (AvgIpc) is 2.08. The molecule has 0 fully saturated rings. The normalized spacial score (nSPS) is 10.0. The fourth-order valence-electron chi connectivity index (χ4n) is 1.09. The fourth-order valence-corrected chi connectivity index (χ4v) is 1.25. The SMILES string of the molecule is O=C(S)CCCc1ccc(F)cc1. The Balaban J connectivity index is 2.37. The third kappa shape index (κ3) is 4.08. The molecule has 0 bridgehead atoms. The zero-order chi connectivity index (χ0) is 9.68. The molecule has 70 valence electrons. The highest BCUT2D eigenvalue weighted by Crippen LogP contribution is 2.07. The number of hydrogen-bond donors (Lipinski definition) is 1. The van der Waals surface area contributed by atoms with Crippen molar-refractivity contribution in [3.05, 3.63) is 35.6 Å². The van der Waals surface area contributed by atoms with E-state index in [1.807, 2.05) is 0 Å². The second kappa shape index (κ2) is 5.02. The summed E-state index contributed by atoms with van der Waals surface area (Å²) in [5.41, 5.74) is 1.05. The van der Waals surface area contributed by atoms with Crippen LogP contribution in [0.5, 0.6) is 0 Å². The van der Waals surface area contributed by atoms with Crippen molar-refractivity contribution in [2.75, 3.05) is 0 Å². The van der Waals surface area contributed by atoms with Crippen molar-refractivity contribution in [2.24, 2.45) is 0 Å². The molecule has 0 aliphatic heterocycles. The predicted molar refractivity (Wildman–Crippen MR) is 53.3 cm³/mol. The first-order valence-electron chi connectivity index (χ1n) is 4.15. The van der Waals surface area contributed by atoms with Gasteiger partial charge in [-0.25, -0.2) is 4.39 Å². The van der Waals surface area contributed by atoms with Crippen molar-refractivity contribution < 1.29 is 9.18 Å². The summed E-state index contributed by atoms with van der Waals surface area (Å²) in [5, 5.41) is -0.0953. The number of carbonyl (C=O) groups is 1. The first-order chi connectivity index (χ1) is 6.18. The summed E-state index contributed by atoms with van der Waals surface area (Å²) < 4.78 is 12.5. The van der Waals surface area contributed by atoms with Crippen LogP contribution in [0.4, 0.5) is 4.39 Å². The fraction of sp³-hybridized carbons (Fsp3) is 0.300. The zero-order valence-corrected chi connectivity index (χ0v) is 8.06. The maximum atomic E-state index is 12.5. The summed E-state index contributed by atoms with van der Waals surface area (Å²) in [4.78, 5) is 10.5. The van der Waals surface area contributed by atoms with Gasteiger partial charge in [-0.15, -0.1) is 12.6 Å². The van der Waals surface area contributed by atoms with Crippen molar-refractivity contribution in [3.63, 3.8) is 0 Å². The van der Waals surface area contributed by atoms with E-state index in [4.69, 9.17) is 0 Å². The number of rotatable bonds is 4. The second-order valence-corrected chi connectivity index (χ2v) is 3.37. The molecule has 0 radical (unpaired) electrons. The van der Waals surface area contributed by atoms with Crippen LogP contribution < -0.4 is 0 Å². The molecule has 1 rings (SSSR count). The maximum Gasteiger partial charge on any atom is 0.185 e. The van der Waals surface area contributed by atoms with E-state index in [1.54, 1.807) is 12.1 Å². The Kier molecular flexibility index (Phi) is 3.96. The van der Waals surface area contributed by atoms with Gasteiger partial charge in [0.1, 0.15) is 5.82 Å². The zero-order valence-electron chi connectivity index (χ0n) is 7.16. The van der Waals surface area contributed by atoms with Crippen LogP contribution >= 0.6 is 12.6 Å². The Bertz CT molecular complexity index is 281. The van der Waals surface area contributed by atoms with Gasteiger partial charge in [-0.1, -0.05) is 12.1 Å². The lowest BCUT2D eigenvalue weighted by Gasteiger charge is -1.98. The smallest absolute Gasteiger partial charge is 0.185 e. The maximum absolute atomic E-state index is 12.5. The molecule has 0 heterocycles. The number of thiol groups is 1. The van der Waals surface area contributed by atoms with Crippen LogP contribution in [0, 0.1) is 5.82 Å². The third-order valence-electron chi connectivity index (χ3n) is 1.77. The van der Waals surface area contributed by atoms with Crippen LogP contribution in [0.25, 0.3) is 0 Å². The Morgan fingerprint density at radius 3 is 2.46 bits per heavy atom. The van der Waals surface area contributed by atoms with E-state index in [0.717, 1.165) is 18.4 Å². The number of halogens is 1. The Hall–Kier alpha value is -0.830. The molecule has 0 aromatic heterocycles. The van der Waals surface area contributed by atoms with Crippen molar-refractivity contribution in [1.82, 2.24) is 0 Å². The summed E-state index contributed by atoms with van der Waals surface area (Å²) >= 11 is 3.66. The Labute approximate surface area is 82.4 Å². The monoisotopic (exact) mass is 198 g/mol. The van der Waals surface area contributed by atoms with Crippen LogP contribution in [0.15, 0.2) is 24.3 Å². The van der Waals surface area contributed by atoms with Gasteiger partial charge < -0.3 is 0 Å². The van der Waals surface area contributed by atoms with Gasteiger partial charge in [-0.2, -0.15) is 0 Å². The summed E-state index contributed by atoms with van der Waals surface area (Å²) in [5.74, 6) is -0.228. The quantitative estimate of drug-likeness (QED) is 0.736. The molecule has 0 aliphatic rings. The van der Waals surface area contributed by atoms with E-state index in [1.165, 1.54) is 12.1 Å². The summed E-state index contributed by atoms with van der Waals surface area (Å²) in [6.07, 6.45) is 2.04. The lowest BCUT2D eigenvalue weighted by atomic mass is 10.1. The highest BCUT2D eigenvalue weighted by molar-refractivity contribution is 7.96. The number of aryl methyl sites for hydroxylation is 1. The van der Waals surface area contributed by atoms with Crippen LogP contribution in [0.2, 0.25) is 0 Å². The molecule has 1 nitrogen and oxygen atoms in total. The van der Waals surface area contributed by atoms with Gasteiger partial charge in [0, 0.05) is 6.42 Å². The summed E-state index contributed by atoms with van der Waals surface area (Å²) in [6.45, 7) is 0. The van der Waals surface area contributed by atoms with Crippen molar-refractivity contribution in [1.29, 1.82) is 0 Å². The lowest BCUT2D eigenvalue weighted by molar-refractivity contribution is -0.110. The van der Waals surface area contributed by atoms with E-state index in [-0.39, 0.29) is 10.9 Å². The molecule has 0 aliphatic carbocycles. The molecule has 0 N–H and O–H groups in total. The number of hydrogen-bond acceptors (Lipinski definition) is 1. The minimum atomic E-state index is -0.228. The van der Waals surface area contributed by atoms with E-state index in [0.29, 0.717) is 6.42 Å². The summed E-state index contributed by atoms with van der Waals surface area (Å²) in [7, 11) is 0. The van der Waals surface area contributed by atoms with Crippen LogP contribution in [-0.2, 0) is 11.2 Å². The van der Waals surface area contributed by atoms with Crippen molar-refractivity contribution in [3.8, 4) is 0 Å². The van der Waals surface area contributed by atoms with Crippen molar-refractivity contribution >= 4 is 17.7 Å². The van der Waals surface area contributed by atoms with Gasteiger partial charge in [-0.3, -0.25) is 4.79 Å². The van der Waals surface area contributed by atoms with Gasteiger partial charge >= 0.3 is 0 Å². The first-order valence-corrected chi connectivity index (χ1v) is 4.59. The van der Waals surface area contributed by atoms with Crippen LogP contribution in [0.3, 0.4) is 0 Å². The topological polar surface area (TPSA) is 17.1 Å². The largest absolute Gasteiger partial charge is 0.288 e. The molecule has 0 unspecified atom stereocenters. The third-order valence-corrected chi connectivity index (χ3v) is 1.99.